The molecule has 0 spiro atoms. The van der Waals surface area contributed by atoms with Crippen LogP contribution in [0.2, 0.25) is 0 Å². The highest BCUT2D eigenvalue weighted by Crippen LogP contribution is 2.17. The van der Waals surface area contributed by atoms with Gasteiger partial charge in [-0.3, -0.25) is 4.79 Å². The summed E-state index contributed by atoms with van der Waals surface area (Å²) in [5.41, 5.74) is 0. The minimum absolute atomic E-state index is 0.00119. The van der Waals surface area contributed by atoms with Crippen LogP contribution in [0.25, 0.3) is 0 Å². The second kappa shape index (κ2) is 7.07. The van der Waals surface area contributed by atoms with Crippen molar-refractivity contribution in [3.8, 4) is 0 Å². The standard InChI is InChI=1S/C13H24N2O3/c1-10-6-14-7-12(18-10)8-17-9-13(16)15-11-4-2-3-5-11/h10-12,14H,2-9H2,1H3,(H,15,16). The van der Waals surface area contributed by atoms with Crippen molar-refractivity contribution in [2.75, 3.05) is 26.3 Å². The number of hydrogen-bond acceptors (Lipinski definition) is 4. The molecule has 0 bridgehead atoms. The van der Waals surface area contributed by atoms with Gasteiger partial charge in [0.05, 0.1) is 18.8 Å². The summed E-state index contributed by atoms with van der Waals surface area (Å²) in [5.74, 6) is -0.00119. The lowest BCUT2D eigenvalue weighted by Crippen LogP contribution is -2.46. The monoisotopic (exact) mass is 256 g/mol. The van der Waals surface area contributed by atoms with E-state index in [0.717, 1.165) is 25.9 Å². The second-order valence-corrected chi connectivity index (χ2v) is 5.29. The van der Waals surface area contributed by atoms with Crippen LogP contribution in [-0.4, -0.2) is 50.5 Å². The Morgan fingerprint density at radius 3 is 2.89 bits per heavy atom. The maximum absolute atomic E-state index is 11.6. The van der Waals surface area contributed by atoms with E-state index in [9.17, 15) is 4.79 Å². The van der Waals surface area contributed by atoms with Crippen molar-refractivity contribution in [3.05, 3.63) is 0 Å². The third kappa shape index (κ3) is 4.55. The Bertz CT molecular complexity index is 267. The summed E-state index contributed by atoms with van der Waals surface area (Å²) in [6.07, 6.45) is 4.96. The Hall–Kier alpha value is -0.650. The Morgan fingerprint density at radius 2 is 2.17 bits per heavy atom. The first-order valence-corrected chi connectivity index (χ1v) is 6.97. The molecule has 0 aromatic heterocycles. The molecule has 2 unspecified atom stereocenters. The van der Waals surface area contributed by atoms with Crippen LogP contribution in [0.5, 0.6) is 0 Å². The van der Waals surface area contributed by atoms with E-state index in [2.05, 4.69) is 10.6 Å². The topological polar surface area (TPSA) is 59.6 Å². The summed E-state index contributed by atoms with van der Waals surface area (Å²) < 4.78 is 11.1. The molecule has 1 saturated carbocycles. The Morgan fingerprint density at radius 1 is 1.39 bits per heavy atom. The summed E-state index contributed by atoms with van der Waals surface area (Å²) in [4.78, 5) is 11.6. The number of ether oxygens (including phenoxy) is 2. The SMILES string of the molecule is CC1CNCC(COCC(=O)NC2CCCC2)O1. The van der Waals surface area contributed by atoms with Gasteiger partial charge in [-0.1, -0.05) is 12.8 Å². The zero-order valence-electron chi connectivity index (χ0n) is 11.1. The normalized spacial score (nSPS) is 29.4. The van der Waals surface area contributed by atoms with Gasteiger partial charge in [0, 0.05) is 19.1 Å². The van der Waals surface area contributed by atoms with Gasteiger partial charge in [-0.05, 0) is 19.8 Å². The lowest BCUT2D eigenvalue weighted by Gasteiger charge is -2.28. The predicted molar refractivity (Wildman–Crippen MR) is 68.4 cm³/mol. The molecule has 1 aliphatic heterocycles. The molecule has 0 aromatic rings. The minimum Gasteiger partial charge on any atom is -0.370 e. The van der Waals surface area contributed by atoms with Crippen LogP contribution in [0.4, 0.5) is 0 Å². The molecule has 1 saturated heterocycles. The molecule has 18 heavy (non-hydrogen) atoms. The second-order valence-electron chi connectivity index (χ2n) is 5.29. The summed E-state index contributed by atoms with van der Waals surface area (Å²) in [6, 6.07) is 0.369. The molecular weight excluding hydrogens is 232 g/mol. The van der Waals surface area contributed by atoms with E-state index in [0.29, 0.717) is 12.6 Å². The van der Waals surface area contributed by atoms with Crippen LogP contribution >= 0.6 is 0 Å². The Labute approximate surface area is 109 Å². The van der Waals surface area contributed by atoms with Crippen molar-refractivity contribution < 1.29 is 14.3 Å². The summed E-state index contributed by atoms with van der Waals surface area (Å²) >= 11 is 0. The van der Waals surface area contributed by atoms with Crippen molar-refractivity contribution >= 4 is 5.91 Å². The first-order chi connectivity index (χ1) is 8.74. The van der Waals surface area contributed by atoms with E-state index in [1.807, 2.05) is 6.92 Å². The summed E-state index contributed by atoms with van der Waals surface area (Å²) in [7, 11) is 0. The molecule has 1 aliphatic carbocycles. The van der Waals surface area contributed by atoms with Crippen LogP contribution in [0.3, 0.4) is 0 Å². The van der Waals surface area contributed by atoms with Crippen LogP contribution in [0.1, 0.15) is 32.6 Å². The van der Waals surface area contributed by atoms with Crippen LogP contribution < -0.4 is 10.6 Å². The number of carbonyl (C=O) groups is 1. The average molecular weight is 256 g/mol. The summed E-state index contributed by atoms with van der Waals surface area (Å²) in [6.45, 7) is 4.35. The highest BCUT2D eigenvalue weighted by molar-refractivity contribution is 5.77. The molecule has 0 radical (unpaired) electrons. The average Bonchev–Trinajstić information content (AvgIpc) is 2.82. The van der Waals surface area contributed by atoms with E-state index in [1.165, 1.54) is 12.8 Å². The maximum atomic E-state index is 11.6. The van der Waals surface area contributed by atoms with E-state index in [1.54, 1.807) is 0 Å². The Kier molecular flexibility index (Phi) is 5.41. The van der Waals surface area contributed by atoms with Crippen molar-refractivity contribution in [2.24, 2.45) is 0 Å². The third-order valence-electron chi connectivity index (χ3n) is 3.49. The van der Waals surface area contributed by atoms with Gasteiger partial charge in [0.2, 0.25) is 5.91 Å². The lowest BCUT2D eigenvalue weighted by atomic mass is 10.2. The largest absolute Gasteiger partial charge is 0.370 e. The minimum atomic E-state index is -0.00119. The molecule has 104 valence electrons. The molecule has 2 N–H and O–H groups in total. The number of hydrogen-bond donors (Lipinski definition) is 2. The zero-order valence-corrected chi connectivity index (χ0v) is 11.1. The van der Waals surface area contributed by atoms with Crippen molar-refractivity contribution in [1.29, 1.82) is 0 Å². The third-order valence-corrected chi connectivity index (χ3v) is 3.49. The van der Waals surface area contributed by atoms with Crippen LogP contribution in [0, 0.1) is 0 Å². The molecule has 1 heterocycles. The van der Waals surface area contributed by atoms with Crippen molar-refractivity contribution in [3.63, 3.8) is 0 Å². The molecule has 2 aliphatic rings. The maximum Gasteiger partial charge on any atom is 0.246 e. The smallest absolute Gasteiger partial charge is 0.246 e. The van der Waals surface area contributed by atoms with E-state index >= 15 is 0 Å². The molecule has 5 heteroatoms. The fourth-order valence-corrected chi connectivity index (χ4v) is 2.59. The van der Waals surface area contributed by atoms with Crippen molar-refractivity contribution in [2.45, 2.75) is 50.9 Å². The molecule has 0 aromatic carbocycles. The fourth-order valence-electron chi connectivity index (χ4n) is 2.59. The predicted octanol–water partition coefficient (Wildman–Crippen LogP) is 0.439. The molecule has 2 rings (SSSR count). The van der Waals surface area contributed by atoms with Crippen LogP contribution in [0.15, 0.2) is 0 Å². The molecular formula is C13H24N2O3. The highest BCUT2D eigenvalue weighted by Gasteiger charge is 2.20. The number of nitrogens with one attached hydrogen (secondary N) is 2. The lowest BCUT2D eigenvalue weighted by molar-refractivity contribution is -0.129. The molecule has 2 fully saturated rings. The van der Waals surface area contributed by atoms with E-state index < -0.39 is 0 Å². The molecule has 2 atom stereocenters. The Balaban J connectivity index is 1.55. The van der Waals surface area contributed by atoms with Crippen LogP contribution in [-0.2, 0) is 14.3 Å². The fraction of sp³-hybridized carbons (Fsp3) is 0.923. The highest BCUT2D eigenvalue weighted by atomic mass is 16.5. The number of morpholine rings is 1. The zero-order chi connectivity index (χ0) is 12.8. The number of amides is 1. The quantitative estimate of drug-likeness (QED) is 0.749. The molecule has 5 nitrogen and oxygen atoms in total. The van der Waals surface area contributed by atoms with Gasteiger partial charge in [-0.2, -0.15) is 0 Å². The van der Waals surface area contributed by atoms with Crippen molar-refractivity contribution in [1.82, 2.24) is 10.6 Å². The first kappa shape index (κ1) is 13.8. The van der Waals surface area contributed by atoms with Gasteiger partial charge in [-0.25, -0.2) is 0 Å². The van der Waals surface area contributed by atoms with Gasteiger partial charge in [0.1, 0.15) is 6.61 Å². The number of carbonyl (C=O) groups excluding carboxylic acids is 1. The van der Waals surface area contributed by atoms with E-state index in [4.69, 9.17) is 9.47 Å². The molecule has 1 amide bonds. The number of rotatable bonds is 5. The van der Waals surface area contributed by atoms with Gasteiger partial charge in [-0.15, -0.1) is 0 Å². The van der Waals surface area contributed by atoms with Gasteiger partial charge in [0.15, 0.2) is 0 Å². The van der Waals surface area contributed by atoms with Gasteiger partial charge < -0.3 is 20.1 Å². The summed E-state index contributed by atoms with van der Waals surface area (Å²) in [5, 5.41) is 6.28. The first-order valence-electron chi connectivity index (χ1n) is 6.97. The van der Waals surface area contributed by atoms with E-state index in [-0.39, 0.29) is 24.7 Å². The van der Waals surface area contributed by atoms with Gasteiger partial charge >= 0.3 is 0 Å². The van der Waals surface area contributed by atoms with Gasteiger partial charge in [0.25, 0.3) is 0 Å².